The molecule has 1 atom stereocenters. The Morgan fingerprint density at radius 3 is 2.32 bits per heavy atom. The van der Waals surface area contributed by atoms with E-state index in [1.807, 2.05) is 24.3 Å². The third-order valence-electron chi connectivity index (χ3n) is 3.13. The summed E-state index contributed by atoms with van der Waals surface area (Å²) in [5.41, 5.74) is 7.95. The molecule has 3 N–H and O–H groups in total. The number of hydrogen-bond donors (Lipinski definition) is 2. The van der Waals surface area contributed by atoms with Gasteiger partial charge in [0.05, 0.1) is 0 Å². The van der Waals surface area contributed by atoms with Crippen LogP contribution in [0.25, 0.3) is 0 Å². The molecule has 2 aromatic rings. The third kappa shape index (κ3) is 3.63. The Hall–Kier alpha value is -1.22. The first-order valence-corrected chi connectivity index (χ1v) is 6.78. The lowest BCUT2D eigenvalue weighted by Gasteiger charge is -2.16. The SMILES string of the molecule is NCC(Cc1ccc(Cl)cc1Cl)c1ccc(O)cc1. The minimum Gasteiger partial charge on any atom is -0.508 e. The highest BCUT2D eigenvalue weighted by Crippen LogP contribution is 2.27. The number of nitrogens with two attached hydrogens (primary N) is 1. The number of phenolic OH excluding ortho intramolecular Hbond substituents is 1. The molecule has 100 valence electrons. The van der Waals surface area contributed by atoms with E-state index >= 15 is 0 Å². The number of halogens is 2. The summed E-state index contributed by atoms with van der Waals surface area (Å²) in [6, 6.07) is 12.6. The van der Waals surface area contributed by atoms with Gasteiger partial charge in [-0.25, -0.2) is 0 Å². The largest absolute Gasteiger partial charge is 0.508 e. The molecule has 0 amide bonds. The molecule has 0 aliphatic carbocycles. The van der Waals surface area contributed by atoms with Crippen molar-refractivity contribution in [1.29, 1.82) is 0 Å². The molecule has 0 bridgehead atoms. The maximum atomic E-state index is 9.31. The minimum absolute atomic E-state index is 0.166. The Bertz CT molecular complexity index is 555. The van der Waals surface area contributed by atoms with Crippen molar-refractivity contribution in [1.82, 2.24) is 0 Å². The van der Waals surface area contributed by atoms with E-state index in [9.17, 15) is 5.11 Å². The Labute approximate surface area is 122 Å². The van der Waals surface area contributed by atoms with E-state index in [1.165, 1.54) is 0 Å². The normalized spacial score (nSPS) is 12.4. The van der Waals surface area contributed by atoms with Crippen molar-refractivity contribution in [2.24, 2.45) is 5.73 Å². The number of hydrogen-bond acceptors (Lipinski definition) is 2. The number of benzene rings is 2. The molecule has 2 rings (SSSR count). The molecule has 0 heterocycles. The quantitative estimate of drug-likeness (QED) is 0.896. The fraction of sp³-hybridized carbons (Fsp3) is 0.200. The second-order valence-corrected chi connectivity index (χ2v) is 5.31. The van der Waals surface area contributed by atoms with E-state index in [-0.39, 0.29) is 11.7 Å². The van der Waals surface area contributed by atoms with Gasteiger partial charge in [-0.15, -0.1) is 0 Å². The molecule has 0 saturated heterocycles. The van der Waals surface area contributed by atoms with E-state index < -0.39 is 0 Å². The summed E-state index contributed by atoms with van der Waals surface area (Å²) in [5.74, 6) is 0.420. The molecule has 0 saturated carbocycles. The summed E-state index contributed by atoms with van der Waals surface area (Å²) in [7, 11) is 0. The summed E-state index contributed by atoms with van der Waals surface area (Å²) in [6.07, 6.45) is 0.747. The van der Waals surface area contributed by atoms with Crippen molar-refractivity contribution in [2.75, 3.05) is 6.54 Å². The van der Waals surface area contributed by atoms with Crippen molar-refractivity contribution in [2.45, 2.75) is 12.3 Å². The van der Waals surface area contributed by atoms with Gasteiger partial charge >= 0.3 is 0 Å². The smallest absolute Gasteiger partial charge is 0.115 e. The average molecular weight is 296 g/mol. The molecule has 19 heavy (non-hydrogen) atoms. The predicted octanol–water partition coefficient (Wildman–Crippen LogP) is 3.98. The van der Waals surface area contributed by atoms with Gasteiger partial charge in [-0.05, 0) is 48.4 Å². The molecule has 1 unspecified atom stereocenters. The molecule has 0 spiro atoms. The third-order valence-corrected chi connectivity index (χ3v) is 3.72. The highest BCUT2D eigenvalue weighted by atomic mass is 35.5. The van der Waals surface area contributed by atoms with E-state index in [4.69, 9.17) is 28.9 Å². The summed E-state index contributed by atoms with van der Waals surface area (Å²) in [4.78, 5) is 0. The van der Waals surface area contributed by atoms with E-state index in [1.54, 1.807) is 18.2 Å². The molecule has 2 nitrogen and oxygen atoms in total. The lowest BCUT2D eigenvalue weighted by atomic mass is 9.92. The van der Waals surface area contributed by atoms with Gasteiger partial charge in [0.25, 0.3) is 0 Å². The first kappa shape index (κ1) is 14.2. The van der Waals surface area contributed by atoms with Crippen LogP contribution in [0.1, 0.15) is 17.0 Å². The van der Waals surface area contributed by atoms with Crippen molar-refractivity contribution >= 4 is 23.2 Å². The number of aromatic hydroxyl groups is 1. The van der Waals surface area contributed by atoms with Gasteiger partial charge in [0.1, 0.15) is 5.75 Å². The van der Waals surface area contributed by atoms with E-state index in [0.29, 0.717) is 16.6 Å². The summed E-state index contributed by atoms with van der Waals surface area (Å²) >= 11 is 12.1. The van der Waals surface area contributed by atoms with Crippen molar-refractivity contribution in [3.8, 4) is 5.75 Å². The molecule has 0 aliphatic heterocycles. The van der Waals surface area contributed by atoms with Crippen molar-refractivity contribution in [3.63, 3.8) is 0 Å². The fourth-order valence-corrected chi connectivity index (χ4v) is 2.52. The monoisotopic (exact) mass is 295 g/mol. The molecule has 0 fully saturated rings. The highest BCUT2D eigenvalue weighted by molar-refractivity contribution is 6.35. The predicted molar refractivity (Wildman–Crippen MR) is 80.1 cm³/mol. The van der Waals surface area contributed by atoms with Crippen LogP contribution < -0.4 is 5.73 Å². The highest BCUT2D eigenvalue weighted by Gasteiger charge is 2.13. The Morgan fingerprint density at radius 1 is 1.05 bits per heavy atom. The number of phenols is 1. The van der Waals surface area contributed by atoms with Crippen LogP contribution in [0.5, 0.6) is 5.75 Å². The molecule has 0 aliphatic rings. The van der Waals surface area contributed by atoms with Crippen LogP contribution in [-0.2, 0) is 6.42 Å². The van der Waals surface area contributed by atoms with E-state index in [2.05, 4.69) is 0 Å². The maximum Gasteiger partial charge on any atom is 0.115 e. The second-order valence-electron chi connectivity index (χ2n) is 4.46. The van der Waals surface area contributed by atoms with Crippen LogP contribution in [0.3, 0.4) is 0 Å². The van der Waals surface area contributed by atoms with Crippen molar-refractivity contribution < 1.29 is 5.11 Å². The summed E-state index contributed by atoms with van der Waals surface area (Å²) < 4.78 is 0. The Morgan fingerprint density at radius 2 is 1.74 bits per heavy atom. The lowest BCUT2D eigenvalue weighted by Crippen LogP contribution is -2.15. The first-order valence-electron chi connectivity index (χ1n) is 6.03. The maximum absolute atomic E-state index is 9.31. The molecule has 0 aromatic heterocycles. The second kappa shape index (κ2) is 6.29. The van der Waals surface area contributed by atoms with Crippen LogP contribution in [0.2, 0.25) is 10.0 Å². The molecular weight excluding hydrogens is 281 g/mol. The van der Waals surface area contributed by atoms with Gasteiger partial charge in [0.2, 0.25) is 0 Å². The Balaban J connectivity index is 2.21. The molecule has 2 aromatic carbocycles. The fourth-order valence-electron chi connectivity index (χ4n) is 2.04. The molecular formula is C15H15Cl2NO. The van der Waals surface area contributed by atoms with Crippen LogP contribution >= 0.6 is 23.2 Å². The van der Waals surface area contributed by atoms with Gasteiger partial charge in [-0.1, -0.05) is 41.4 Å². The van der Waals surface area contributed by atoms with Crippen LogP contribution in [0.15, 0.2) is 42.5 Å². The van der Waals surface area contributed by atoms with Gasteiger partial charge in [-0.3, -0.25) is 0 Å². The Kier molecular flexibility index (Phi) is 4.70. The van der Waals surface area contributed by atoms with Gasteiger partial charge in [-0.2, -0.15) is 0 Å². The molecule has 4 heteroatoms. The van der Waals surface area contributed by atoms with Crippen LogP contribution in [-0.4, -0.2) is 11.7 Å². The van der Waals surface area contributed by atoms with Crippen molar-refractivity contribution in [3.05, 3.63) is 63.6 Å². The zero-order valence-corrected chi connectivity index (χ0v) is 11.8. The lowest BCUT2D eigenvalue weighted by molar-refractivity contribution is 0.475. The zero-order chi connectivity index (χ0) is 13.8. The van der Waals surface area contributed by atoms with Gasteiger partial charge in [0.15, 0.2) is 0 Å². The standard InChI is InChI=1S/C15H15Cl2NO/c16-13-4-1-11(15(17)8-13)7-12(9-18)10-2-5-14(19)6-3-10/h1-6,8,12,19H,7,9,18H2. The molecule has 0 radical (unpaired) electrons. The van der Waals surface area contributed by atoms with Gasteiger partial charge < -0.3 is 10.8 Å². The number of rotatable bonds is 4. The van der Waals surface area contributed by atoms with Gasteiger partial charge in [0, 0.05) is 16.0 Å². The first-order chi connectivity index (χ1) is 9.10. The van der Waals surface area contributed by atoms with E-state index in [0.717, 1.165) is 17.5 Å². The van der Waals surface area contributed by atoms with Crippen LogP contribution in [0, 0.1) is 0 Å². The zero-order valence-electron chi connectivity index (χ0n) is 10.3. The van der Waals surface area contributed by atoms with Crippen LogP contribution in [0.4, 0.5) is 0 Å². The topological polar surface area (TPSA) is 46.2 Å². The average Bonchev–Trinajstić information content (AvgIpc) is 2.39. The summed E-state index contributed by atoms with van der Waals surface area (Å²) in [6.45, 7) is 0.518. The minimum atomic E-state index is 0.166. The summed E-state index contributed by atoms with van der Waals surface area (Å²) in [5, 5.41) is 10.6.